The van der Waals surface area contributed by atoms with E-state index in [1.54, 1.807) is 0 Å². The second-order valence-electron chi connectivity index (χ2n) is 0.669. The molecule has 0 heterocycles. The topological polar surface area (TPSA) is 0 Å². The molecule has 0 aromatic carbocycles. The molecule has 0 aliphatic carbocycles. The molecule has 0 rings (SSSR count). The van der Waals surface area contributed by atoms with Crippen molar-refractivity contribution < 1.29 is 17.6 Å². The van der Waals surface area contributed by atoms with Crippen molar-refractivity contribution in [2.45, 2.75) is 12.9 Å². The summed E-state index contributed by atoms with van der Waals surface area (Å²) in [5.74, 6) is 0. The van der Waals surface area contributed by atoms with Crippen LogP contribution in [0.1, 0.15) is 0 Å². The van der Waals surface area contributed by atoms with Gasteiger partial charge in [0.25, 0.3) is 12.9 Å². The number of alkyl halides is 4. The second-order valence-corrected chi connectivity index (χ2v) is 0.669. The third-order valence-electron chi connectivity index (χ3n) is 0.190. The van der Waals surface area contributed by atoms with E-state index in [4.69, 9.17) is 0 Å². The van der Waals surface area contributed by atoms with Crippen LogP contribution < -0.4 is 0 Å². The molecule has 0 spiro atoms. The Morgan fingerprint density at radius 3 is 0.750 bits per heavy atom. The number of hydrogen-bond acceptors (Lipinski definition) is 0. The molecule has 0 aromatic rings. The fraction of sp³-hybridized carbons (Fsp3) is 1.00. The zero-order valence-corrected chi connectivity index (χ0v) is 2.67. The van der Waals surface area contributed by atoms with Gasteiger partial charge in [-0.15, -0.1) is 0 Å². The first-order valence-electron chi connectivity index (χ1n) is 1.21. The van der Waals surface area contributed by atoms with E-state index < -0.39 is 12.9 Å². The average Bonchev–Trinajstić information content (AvgIpc) is 1.36. The van der Waals surface area contributed by atoms with E-state index in [-0.39, 0.29) is 59.1 Å². The summed E-state index contributed by atoms with van der Waals surface area (Å²) in [6, 6.07) is 0. The van der Waals surface area contributed by atoms with Crippen molar-refractivity contribution in [3.8, 4) is 0 Å². The normalized spacial score (nSPS) is 8.25. The molecular formula is C2H4F4Na2. The molecule has 0 unspecified atom stereocenters. The maximum absolute atomic E-state index is 10.4. The third kappa shape index (κ3) is 10.7. The Hall–Kier alpha value is 1.72. The monoisotopic (exact) mass is 150 g/mol. The van der Waals surface area contributed by atoms with Crippen molar-refractivity contribution in [3.05, 3.63) is 0 Å². The first kappa shape index (κ1) is 16.4. The van der Waals surface area contributed by atoms with Crippen LogP contribution in [0, 0.1) is 0 Å². The molecule has 0 bridgehead atoms. The quantitative estimate of drug-likeness (QED) is 0.370. The Bertz CT molecular complexity index is 33.0. The van der Waals surface area contributed by atoms with Crippen LogP contribution in [0.2, 0.25) is 0 Å². The molecule has 42 valence electrons. The second kappa shape index (κ2) is 8.72. The van der Waals surface area contributed by atoms with Gasteiger partial charge in [-0.2, -0.15) is 0 Å². The fourth-order valence-corrected chi connectivity index (χ4v) is 0. The van der Waals surface area contributed by atoms with Crippen LogP contribution in [0.5, 0.6) is 0 Å². The molecule has 0 fully saturated rings. The van der Waals surface area contributed by atoms with Gasteiger partial charge in [-0.1, -0.05) is 0 Å². The van der Waals surface area contributed by atoms with Gasteiger partial charge in [0.2, 0.25) is 0 Å². The molecule has 0 saturated heterocycles. The van der Waals surface area contributed by atoms with E-state index in [1.165, 1.54) is 0 Å². The summed E-state index contributed by atoms with van der Waals surface area (Å²) >= 11 is 0. The molecule has 6 heteroatoms. The summed E-state index contributed by atoms with van der Waals surface area (Å²) in [6.45, 7) is 0. The van der Waals surface area contributed by atoms with Gasteiger partial charge in [0, 0.05) is 0 Å². The van der Waals surface area contributed by atoms with Crippen LogP contribution in [0.15, 0.2) is 0 Å². The van der Waals surface area contributed by atoms with Crippen molar-refractivity contribution in [2.24, 2.45) is 0 Å². The fourth-order valence-electron chi connectivity index (χ4n) is 0. The van der Waals surface area contributed by atoms with Gasteiger partial charge < -0.3 is 0 Å². The molecule has 0 radical (unpaired) electrons. The molecular weight excluding hydrogens is 146 g/mol. The van der Waals surface area contributed by atoms with Crippen LogP contribution in [-0.4, -0.2) is 72.0 Å². The average molecular weight is 150 g/mol. The van der Waals surface area contributed by atoms with Crippen LogP contribution in [0.3, 0.4) is 0 Å². The standard InChI is InChI=1S/C2H2F4.2Na.2H/c3-1(4)2(5)6;;;;/h1-2H;;;;. The predicted molar refractivity (Wildman–Crippen MR) is 26.3 cm³/mol. The number of rotatable bonds is 1. The van der Waals surface area contributed by atoms with E-state index >= 15 is 0 Å². The summed E-state index contributed by atoms with van der Waals surface area (Å²) in [4.78, 5) is 0. The summed E-state index contributed by atoms with van der Waals surface area (Å²) < 4.78 is 41.6. The number of halogens is 4. The Balaban J connectivity index is -0.000000125. The number of hydrogen-bond donors (Lipinski definition) is 0. The van der Waals surface area contributed by atoms with E-state index in [9.17, 15) is 17.6 Å². The van der Waals surface area contributed by atoms with Gasteiger partial charge in [0.05, 0.1) is 0 Å². The van der Waals surface area contributed by atoms with Crippen LogP contribution >= 0.6 is 0 Å². The van der Waals surface area contributed by atoms with Crippen molar-refractivity contribution >= 4 is 59.1 Å². The summed E-state index contributed by atoms with van der Waals surface area (Å²) in [7, 11) is 0. The summed E-state index contributed by atoms with van der Waals surface area (Å²) in [5.41, 5.74) is 0. The SMILES string of the molecule is FC(F)C(F)F.[NaH].[NaH]. The molecule has 0 aliphatic rings. The Morgan fingerprint density at radius 1 is 0.625 bits per heavy atom. The summed E-state index contributed by atoms with van der Waals surface area (Å²) in [6.07, 6.45) is -6.96. The Labute approximate surface area is 88.6 Å². The van der Waals surface area contributed by atoms with E-state index in [0.29, 0.717) is 0 Å². The van der Waals surface area contributed by atoms with Gasteiger partial charge in [-0.3, -0.25) is 0 Å². The molecule has 0 atom stereocenters. The molecule has 0 N–H and O–H groups in total. The predicted octanol–water partition coefficient (Wildman–Crippen LogP) is 0.220. The molecule has 0 aromatic heterocycles. The maximum atomic E-state index is 10.4. The van der Waals surface area contributed by atoms with Crippen molar-refractivity contribution in [1.82, 2.24) is 0 Å². The molecule has 0 saturated carbocycles. The van der Waals surface area contributed by atoms with Crippen LogP contribution in [0.25, 0.3) is 0 Å². The minimum atomic E-state index is -3.48. The summed E-state index contributed by atoms with van der Waals surface area (Å²) in [5, 5.41) is 0. The van der Waals surface area contributed by atoms with Crippen molar-refractivity contribution in [3.63, 3.8) is 0 Å². The zero-order chi connectivity index (χ0) is 5.15. The molecule has 8 heavy (non-hydrogen) atoms. The minimum absolute atomic E-state index is 0. The van der Waals surface area contributed by atoms with Gasteiger partial charge in [0.1, 0.15) is 0 Å². The Morgan fingerprint density at radius 2 is 0.750 bits per heavy atom. The van der Waals surface area contributed by atoms with Crippen molar-refractivity contribution in [2.75, 3.05) is 0 Å². The van der Waals surface area contributed by atoms with E-state index in [1.807, 2.05) is 0 Å². The van der Waals surface area contributed by atoms with Gasteiger partial charge >= 0.3 is 59.1 Å². The molecule has 0 nitrogen and oxygen atoms in total. The zero-order valence-electron chi connectivity index (χ0n) is 2.67. The van der Waals surface area contributed by atoms with Gasteiger partial charge in [-0.05, 0) is 0 Å². The molecule has 0 aliphatic heterocycles. The van der Waals surface area contributed by atoms with Gasteiger partial charge in [-0.25, -0.2) is 17.6 Å². The first-order valence-corrected chi connectivity index (χ1v) is 1.21. The molecule has 0 amide bonds. The van der Waals surface area contributed by atoms with Crippen molar-refractivity contribution in [1.29, 1.82) is 0 Å². The van der Waals surface area contributed by atoms with Gasteiger partial charge in [0.15, 0.2) is 0 Å². The first-order chi connectivity index (χ1) is 2.64. The third-order valence-corrected chi connectivity index (χ3v) is 0.190. The van der Waals surface area contributed by atoms with Crippen LogP contribution in [-0.2, 0) is 0 Å². The van der Waals surface area contributed by atoms with Crippen LogP contribution in [0.4, 0.5) is 17.6 Å². The van der Waals surface area contributed by atoms with E-state index in [0.717, 1.165) is 0 Å². The van der Waals surface area contributed by atoms with E-state index in [2.05, 4.69) is 0 Å². The Kier molecular flexibility index (Phi) is 17.8.